The number of piperidine rings is 1. The van der Waals surface area contributed by atoms with Crippen LogP contribution in [0, 0.1) is 15.3 Å². The standard InChI is InChI=1S/C14H18FIN2O/c1-9(17)10-4-6-18(7-5-10)14(19)11-2-3-13(16)12(15)8-11/h2-3,8-10H,4-7,17H2,1H3. The van der Waals surface area contributed by atoms with Crippen LogP contribution in [-0.4, -0.2) is 29.9 Å². The summed E-state index contributed by atoms with van der Waals surface area (Å²) in [5.74, 6) is 0.0628. The van der Waals surface area contributed by atoms with E-state index in [4.69, 9.17) is 5.73 Å². The monoisotopic (exact) mass is 376 g/mol. The highest BCUT2D eigenvalue weighted by molar-refractivity contribution is 14.1. The molecule has 1 heterocycles. The third-order valence-electron chi connectivity index (χ3n) is 3.74. The summed E-state index contributed by atoms with van der Waals surface area (Å²) in [7, 11) is 0. The van der Waals surface area contributed by atoms with Crippen LogP contribution in [-0.2, 0) is 0 Å². The Morgan fingerprint density at radius 2 is 2.11 bits per heavy atom. The molecule has 1 aliphatic heterocycles. The second-order valence-corrected chi connectivity index (χ2v) is 6.28. The molecule has 1 aromatic carbocycles. The van der Waals surface area contributed by atoms with Gasteiger partial charge in [0.1, 0.15) is 5.82 Å². The van der Waals surface area contributed by atoms with Crippen molar-refractivity contribution >= 4 is 28.5 Å². The van der Waals surface area contributed by atoms with Crippen LogP contribution in [0.5, 0.6) is 0 Å². The van der Waals surface area contributed by atoms with E-state index in [0.717, 1.165) is 12.8 Å². The Bertz CT molecular complexity index is 471. The molecule has 19 heavy (non-hydrogen) atoms. The first kappa shape index (κ1) is 14.7. The van der Waals surface area contributed by atoms with Crippen molar-refractivity contribution in [1.82, 2.24) is 4.90 Å². The summed E-state index contributed by atoms with van der Waals surface area (Å²) in [6, 6.07) is 4.82. The van der Waals surface area contributed by atoms with Crippen LogP contribution in [0.25, 0.3) is 0 Å². The molecule has 0 aromatic heterocycles. The zero-order chi connectivity index (χ0) is 14.0. The average Bonchev–Trinajstić information content (AvgIpc) is 2.41. The Morgan fingerprint density at radius 1 is 1.47 bits per heavy atom. The number of rotatable bonds is 2. The summed E-state index contributed by atoms with van der Waals surface area (Å²) < 4.78 is 14.0. The summed E-state index contributed by atoms with van der Waals surface area (Å²) in [6.07, 6.45) is 1.85. The maximum Gasteiger partial charge on any atom is 0.253 e. The molecule has 2 N–H and O–H groups in total. The summed E-state index contributed by atoms with van der Waals surface area (Å²) in [5, 5.41) is 0. The van der Waals surface area contributed by atoms with Crippen molar-refractivity contribution < 1.29 is 9.18 Å². The predicted octanol–water partition coefficient (Wildman–Crippen LogP) is 2.63. The summed E-state index contributed by atoms with van der Waals surface area (Å²) in [4.78, 5) is 14.1. The molecule has 1 amide bonds. The Balaban J connectivity index is 2.03. The lowest BCUT2D eigenvalue weighted by molar-refractivity contribution is 0.0680. The smallest absolute Gasteiger partial charge is 0.253 e. The highest BCUT2D eigenvalue weighted by atomic mass is 127. The largest absolute Gasteiger partial charge is 0.339 e. The van der Waals surface area contributed by atoms with Gasteiger partial charge < -0.3 is 10.6 Å². The Morgan fingerprint density at radius 3 is 2.63 bits per heavy atom. The molecule has 0 bridgehead atoms. The van der Waals surface area contributed by atoms with Crippen molar-refractivity contribution in [3.63, 3.8) is 0 Å². The van der Waals surface area contributed by atoms with Crippen molar-refractivity contribution in [3.05, 3.63) is 33.1 Å². The van der Waals surface area contributed by atoms with Crippen LogP contribution in [0.2, 0.25) is 0 Å². The van der Waals surface area contributed by atoms with Gasteiger partial charge in [0.2, 0.25) is 0 Å². The Labute approximate surface area is 126 Å². The number of halogens is 2. The molecular formula is C14H18FIN2O. The number of amides is 1. The van der Waals surface area contributed by atoms with Gasteiger partial charge in [0.05, 0.1) is 0 Å². The lowest BCUT2D eigenvalue weighted by Crippen LogP contribution is -2.42. The molecule has 1 fully saturated rings. The van der Waals surface area contributed by atoms with Gasteiger partial charge in [-0.25, -0.2) is 4.39 Å². The van der Waals surface area contributed by atoms with Gasteiger partial charge in [0.25, 0.3) is 5.91 Å². The van der Waals surface area contributed by atoms with Gasteiger partial charge in [-0.3, -0.25) is 4.79 Å². The van der Waals surface area contributed by atoms with Crippen LogP contribution in [0.3, 0.4) is 0 Å². The fourth-order valence-corrected chi connectivity index (χ4v) is 2.78. The summed E-state index contributed by atoms with van der Waals surface area (Å²) >= 11 is 1.91. The van der Waals surface area contributed by atoms with E-state index in [0.29, 0.717) is 28.1 Å². The fourth-order valence-electron chi connectivity index (χ4n) is 2.44. The SMILES string of the molecule is CC(N)C1CCN(C(=O)c2ccc(I)c(F)c2)CC1. The molecule has 5 heteroatoms. The number of carbonyl (C=O) groups excluding carboxylic acids is 1. The molecule has 0 radical (unpaired) electrons. The molecule has 1 saturated heterocycles. The second-order valence-electron chi connectivity index (χ2n) is 5.12. The van der Waals surface area contributed by atoms with Crippen LogP contribution < -0.4 is 5.73 Å². The van der Waals surface area contributed by atoms with Gasteiger partial charge in [-0.15, -0.1) is 0 Å². The molecule has 3 nitrogen and oxygen atoms in total. The van der Waals surface area contributed by atoms with Crippen LogP contribution >= 0.6 is 22.6 Å². The Kier molecular flexibility index (Phi) is 4.78. The molecular weight excluding hydrogens is 358 g/mol. The summed E-state index contributed by atoms with van der Waals surface area (Å²) in [6.45, 7) is 3.42. The van der Waals surface area contributed by atoms with E-state index in [1.54, 1.807) is 17.0 Å². The van der Waals surface area contributed by atoms with Crippen LogP contribution in [0.1, 0.15) is 30.1 Å². The number of hydrogen-bond donors (Lipinski definition) is 1. The quantitative estimate of drug-likeness (QED) is 0.807. The highest BCUT2D eigenvalue weighted by Crippen LogP contribution is 2.22. The third kappa shape index (κ3) is 3.45. The third-order valence-corrected chi connectivity index (χ3v) is 4.61. The number of benzene rings is 1. The van der Waals surface area contributed by atoms with Gasteiger partial charge >= 0.3 is 0 Å². The lowest BCUT2D eigenvalue weighted by Gasteiger charge is -2.33. The zero-order valence-electron chi connectivity index (χ0n) is 10.9. The molecule has 0 aliphatic carbocycles. The summed E-state index contributed by atoms with van der Waals surface area (Å²) in [5.41, 5.74) is 6.31. The lowest BCUT2D eigenvalue weighted by atomic mass is 9.90. The van der Waals surface area contributed by atoms with Crippen molar-refractivity contribution in [2.45, 2.75) is 25.8 Å². The van der Waals surface area contributed by atoms with Crippen LogP contribution in [0.15, 0.2) is 18.2 Å². The Hall–Kier alpha value is -0.690. The van der Waals surface area contributed by atoms with E-state index in [1.165, 1.54) is 6.07 Å². The molecule has 1 atom stereocenters. The van der Waals surface area contributed by atoms with Crippen molar-refractivity contribution in [3.8, 4) is 0 Å². The highest BCUT2D eigenvalue weighted by Gasteiger charge is 2.25. The van der Waals surface area contributed by atoms with Crippen LogP contribution in [0.4, 0.5) is 4.39 Å². The van der Waals surface area contributed by atoms with Gasteiger partial charge in [0, 0.05) is 28.3 Å². The van der Waals surface area contributed by atoms with Gasteiger partial charge in [-0.05, 0) is 66.5 Å². The molecule has 1 aromatic rings. The number of nitrogens with zero attached hydrogens (tertiary/aromatic N) is 1. The van der Waals surface area contributed by atoms with E-state index in [-0.39, 0.29) is 17.8 Å². The van der Waals surface area contributed by atoms with Gasteiger partial charge in [0.15, 0.2) is 0 Å². The normalized spacial score (nSPS) is 18.4. The molecule has 1 aliphatic rings. The minimum absolute atomic E-state index is 0.0848. The second kappa shape index (κ2) is 6.17. The molecule has 0 spiro atoms. The number of nitrogens with two attached hydrogens (primary N) is 1. The minimum atomic E-state index is -0.336. The van der Waals surface area contributed by atoms with Gasteiger partial charge in [-0.1, -0.05) is 0 Å². The van der Waals surface area contributed by atoms with Crippen molar-refractivity contribution in [2.75, 3.05) is 13.1 Å². The van der Waals surface area contributed by atoms with E-state index in [2.05, 4.69) is 0 Å². The topological polar surface area (TPSA) is 46.3 Å². The van der Waals surface area contributed by atoms with Crippen molar-refractivity contribution in [1.29, 1.82) is 0 Å². The minimum Gasteiger partial charge on any atom is -0.339 e. The van der Waals surface area contributed by atoms with E-state index in [9.17, 15) is 9.18 Å². The molecule has 0 saturated carbocycles. The van der Waals surface area contributed by atoms with E-state index >= 15 is 0 Å². The maximum absolute atomic E-state index is 13.5. The predicted molar refractivity (Wildman–Crippen MR) is 81.4 cm³/mol. The van der Waals surface area contributed by atoms with Gasteiger partial charge in [-0.2, -0.15) is 0 Å². The average molecular weight is 376 g/mol. The number of hydrogen-bond acceptors (Lipinski definition) is 2. The molecule has 104 valence electrons. The van der Waals surface area contributed by atoms with Crippen molar-refractivity contribution in [2.24, 2.45) is 11.7 Å². The first-order valence-electron chi connectivity index (χ1n) is 6.49. The molecule has 2 rings (SSSR count). The fraction of sp³-hybridized carbons (Fsp3) is 0.500. The van der Waals surface area contributed by atoms with E-state index in [1.807, 2.05) is 29.5 Å². The zero-order valence-corrected chi connectivity index (χ0v) is 13.1. The number of carbonyl (C=O) groups is 1. The maximum atomic E-state index is 13.5. The van der Waals surface area contributed by atoms with E-state index < -0.39 is 0 Å². The number of likely N-dealkylation sites (tertiary alicyclic amines) is 1. The first-order chi connectivity index (χ1) is 8.99. The first-order valence-corrected chi connectivity index (χ1v) is 7.57. The molecule has 1 unspecified atom stereocenters.